The number of hydrogen-bond donors (Lipinski definition) is 8. The number of fused-ring (bicyclic) bond motifs is 1. The lowest BCUT2D eigenvalue weighted by molar-refractivity contribution is -0.143. The Morgan fingerprint density at radius 2 is 1.57 bits per heavy atom. The molecular weight excluding hydrogens is 484 g/mol. The number of hydrogen-bond acceptors (Lipinski definition) is 7. The van der Waals surface area contributed by atoms with E-state index in [9.17, 15) is 34.2 Å². The van der Waals surface area contributed by atoms with Gasteiger partial charge in [0.15, 0.2) is 0 Å². The first-order valence-electron chi connectivity index (χ1n) is 11.8. The predicted molar refractivity (Wildman–Crippen MR) is 134 cm³/mol. The lowest BCUT2D eigenvalue weighted by atomic mass is 9.99. The van der Waals surface area contributed by atoms with Crippen molar-refractivity contribution in [1.82, 2.24) is 20.9 Å². The van der Waals surface area contributed by atoms with Crippen molar-refractivity contribution < 1.29 is 34.2 Å². The third-order valence-corrected chi connectivity index (χ3v) is 6.13. The number of carbonyl (C=O) groups excluding carboxylic acids is 4. The van der Waals surface area contributed by atoms with E-state index in [1.807, 2.05) is 19.1 Å². The van der Waals surface area contributed by atoms with Gasteiger partial charge in [-0.2, -0.15) is 0 Å². The highest BCUT2D eigenvalue weighted by atomic mass is 16.4. The molecular formula is C24H34N6O7. The van der Waals surface area contributed by atoms with Gasteiger partial charge in [-0.05, 0) is 17.5 Å². The van der Waals surface area contributed by atoms with Crippen LogP contribution < -0.4 is 27.4 Å². The molecule has 10 N–H and O–H groups in total. The van der Waals surface area contributed by atoms with Crippen molar-refractivity contribution in [3.63, 3.8) is 0 Å². The molecule has 0 saturated carbocycles. The molecule has 5 unspecified atom stereocenters. The molecule has 0 spiro atoms. The first-order valence-corrected chi connectivity index (χ1v) is 11.8. The maximum Gasteiger partial charge on any atom is 0.326 e. The van der Waals surface area contributed by atoms with E-state index in [-0.39, 0.29) is 12.3 Å². The van der Waals surface area contributed by atoms with Gasteiger partial charge in [0.25, 0.3) is 0 Å². The number of aromatic amines is 1. The zero-order chi connectivity index (χ0) is 27.7. The van der Waals surface area contributed by atoms with Crippen LogP contribution >= 0.6 is 0 Å². The van der Waals surface area contributed by atoms with Crippen molar-refractivity contribution in [3.8, 4) is 0 Å². The number of amides is 4. The van der Waals surface area contributed by atoms with Crippen LogP contribution in [0.5, 0.6) is 0 Å². The topological polar surface area (TPSA) is 230 Å². The van der Waals surface area contributed by atoms with Gasteiger partial charge in [-0.3, -0.25) is 19.2 Å². The summed E-state index contributed by atoms with van der Waals surface area (Å²) in [6.07, 6.45) is 1.54. The first-order chi connectivity index (χ1) is 17.5. The molecule has 0 aliphatic heterocycles. The van der Waals surface area contributed by atoms with E-state index in [1.54, 1.807) is 25.3 Å². The maximum atomic E-state index is 13.1. The van der Waals surface area contributed by atoms with Crippen LogP contribution in [0.4, 0.5) is 0 Å². The highest BCUT2D eigenvalue weighted by molar-refractivity contribution is 5.95. The number of nitrogens with two attached hydrogens (primary N) is 2. The van der Waals surface area contributed by atoms with Gasteiger partial charge in [-0.25, -0.2) is 4.79 Å². The highest BCUT2D eigenvalue weighted by Gasteiger charge is 2.31. The summed E-state index contributed by atoms with van der Waals surface area (Å²) in [7, 11) is 0. The number of nitrogens with one attached hydrogen (secondary N) is 4. The molecule has 1 heterocycles. The summed E-state index contributed by atoms with van der Waals surface area (Å²) in [6, 6.07) is 1.96. The lowest BCUT2D eigenvalue weighted by Gasteiger charge is -2.25. The SMILES string of the molecule is CCC(C)C(N)C(=O)NC(CO)C(=O)NC(Cc1c[nH]c2ccccc12)C(=O)NC(CC(N)=O)C(=O)O. The third kappa shape index (κ3) is 8.02. The Kier molecular flexibility index (Phi) is 10.6. The minimum Gasteiger partial charge on any atom is -0.480 e. The third-order valence-electron chi connectivity index (χ3n) is 6.13. The number of aliphatic carboxylic acids is 1. The Balaban J connectivity index is 2.27. The van der Waals surface area contributed by atoms with Crippen molar-refractivity contribution in [2.24, 2.45) is 17.4 Å². The molecule has 0 fully saturated rings. The summed E-state index contributed by atoms with van der Waals surface area (Å²) in [5.74, 6) is -5.02. The second-order valence-corrected chi connectivity index (χ2v) is 8.85. The van der Waals surface area contributed by atoms with Gasteiger partial charge in [-0.1, -0.05) is 38.5 Å². The average Bonchev–Trinajstić information content (AvgIpc) is 3.27. The molecule has 5 atom stereocenters. The van der Waals surface area contributed by atoms with Gasteiger partial charge in [0.05, 0.1) is 19.1 Å². The van der Waals surface area contributed by atoms with E-state index in [0.29, 0.717) is 12.0 Å². The van der Waals surface area contributed by atoms with Crippen LogP contribution in [0.25, 0.3) is 10.9 Å². The van der Waals surface area contributed by atoms with Gasteiger partial charge in [0, 0.05) is 23.5 Å². The minimum absolute atomic E-state index is 0.0665. The van der Waals surface area contributed by atoms with Crippen LogP contribution in [-0.2, 0) is 30.4 Å². The normalized spacial score (nSPS) is 15.1. The summed E-state index contributed by atoms with van der Waals surface area (Å²) in [5.41, 5.74) is 12.4. The molecule has 0 radical (unpaired) electrons. The number of carboxylic acid groups (broad SMARTS) is 1. The quantitative estimate of drug-likeness (QED) is 0.146. The second-order valence-electron chi connectivity index (χ2n) is 8.85. The monoisotopic (exact) mass is 518 g/mol. The zero-order valence-electron chi connectivity index (χ0n) is 20.7. The molecule has 1 aromatic heterocycles. The highest BCUT2D eigenvalue weighted by Crippen LogP contribution is 2.19. The molecule has 13 heteroatoms. The van der Waals surface area contributed by atoms with Gasteiger partial charge in [0.1, 0.15) is 18.1 Å². The zero-order valence-corrected chi connectivity index (χ0v) is 20.7. The van der Waals surface area contributed by atoms with Gasteiger partial charge in [0.2, 0.25) is 23.6 Å². The molecule has 1 aromatic carbocycles. The molecule has 37 heavy (non-hydrogen) atoms. The molecule has 2 rings (SSSR count). The van der Waals surface area contributed by atoms with E-state index in [2.05, 4.69) is 20.9 Å². The van der Waals surface area contributed by atoms with E-state index in [0.717, 1.165) is 10.9 Å². The Hall–Kier alpha value is -3.97. The summed E-state index contributed by atoms with van der Waals surface area (Å²) < 4.78 is 0. The number of aliphatic hydroxyl groups is 1. The van der Waals surface area contributed by atoms with Crippen molar-refractivity contribution in [2.45, 2.75) is 57.3 Å². The van der Waals surface area contributed by atoms with Crippen molar-refractivity contribution >= 4 is 40.5 Å². The number of aliphatic hydroxyl groups excluding tert-OH is 1. The fourth-order valence-electron chi connectivity index (χ4n) is 3.65. The van der Waals surface area contributed by atoms with Gasteiger partial charge >= 0.3 is 5.97 Å². The van der Waals surface area contributed by atoms with E-state index >= 15 is 0 Å². The Labute approximate surface area is 213 Å². The van der Waals surface area contributed by atoms with Crippen LogP contribution in [0, 0.1) is 5.92 Å². The summed E-state index contributed by atoms with van der Waals surface area (Å²) >= 11 is 0. The van der Waals surface area contributed by atoms with Crippen LogP contribution in [0.1, 0.15) is 32.3 Å². The van der Waals surface area contributed by atoms with Crippen LogP contribution in [0.15, 0.2) is 30.5 Å². The number of rotatable bonds is 14. The fourth-order valence-corrected chi connectivity index (χ4v) is 3.65. The molecule has 0 aliphatic rings. The first kappa shape index (κ1) is 29.3. The number of H-pyrrole nitrogens is 1. The Bertz CT molecular complexity index is 1130. The second kappa shape index (κ2) is 13.4. The maximum absolute atomic E-state index is 13.1. The summed E-state index contributed by atoms with van der Waals surface area (Å²) in [5, 5.41) is 26.9. The van der Waals surface area contributed by atoms with Crippen LogP contribution in [-0.4, -0.2) is 75.6 Å². The van der Waals surface area contributed by atoms with E-state index < -0.39 is 66.8 Å². The summed E-state index contributed by atoms with van der Waals surface area (Å²) in [4.78, 5) is 64.3. The average molecular weight is 519 g/mol. The molecule has 202 valence electrons. The van der Waals surface area contributed by atoms with Crippen molar-refractivity contribution in [2.75, 3.05) is 6.61 Å². The van der Waals surface area contributed by atoms with E-state index in [1.165, 1.54) is 0 Å². The number of para-hydroxylation sites is 1. The molecule has 2 aromatic rings. The van der Waals surface area contributed by atoms with E-state index in [4.69, 9.17) is 11.5 Å². The number of primary amides is 1. The molecule has 4 amide bonds. The lowest BCUT2D eigenvalue weighted by Crippen LogP contribution is -2.59. The molecule has 13 nitrogen and oxygen atoms in total. The summed E-state index contributed by atoms with van der Waals surface area (Å²) in [6.45, 7) is 2.85. The van der Waals surface area contributed by atoms with Crippen LogP contribution in [0.2, 0.25) is 0 Å². The standard InChI is InChI=1S/C24H34N6O7/c1-3-12(2)20(26)23(35)30-18(11-31)22(34)28-16(21(33)29-17(24(36)37)9-19(25)32)8-13-10-27-15-7-5-4-6-14(13)15/h4-7,10,12,16-18,20,27,31H,3,8-9,11,26H2,1-2H3,(H2,25,32)(H,28,34)(H,29,33)(H,30,35)(H,36,37). The largest absolute Gasteiger partial charge is 0.480 e. The minimum atomic E-state index is -1.62. The van der Waals surface area contributed by atoms with Gasteiger partial charge in [-0.15, -0.1) is 0 Å². The smallest absolute Gasteiger partial charge is 0.326 e. The fraction of sp³-hybridized carbons (Fsp3) is 0.458. The molecule has 0 saturated heterocycles. The number of carbonyl (C=O) groups is 5. The Morgan fingerprint density at radius 3 is 2.16 bits per heavy atom. The Morgan fingerprint density at radius 1 is 0.973 bits per heavy atom. The number of carboxylic acids is 1. The predicted octanol–water partition coefficient (Wildman–Crippen LogP) is -1.51. The van der Waals surface area contributed by atoms with Crippen molar-refractivity contribution in [1.29, 1.82) is 0 Å². The van der Waals surface area contributed by atoms with Gasteiger partial charge < -0.3 is 42.6 Å². The number of benzene rings is 1. The number of aromatic nitrogens is 1. The van der Waals surface area contributed by atoms with Crippen molar-refractivity contribution in [3.05, 3.63) is 36.0 Å². The van der Waals surface area contributed by atoms with Crippen LogP contribution in [0.3, 0.4) is 0 Å². The molecule has 0 aliphatic carbocycles. The molecule has 0 bridgehead atoms.